The Balaban J connectivity index is 0.000000166. The van der Waals surface area contributed by atoms with E-state index in [2.05, 4.69) is 35.0 Å². The molecule has 3 aliphatic rings. The van der Waals surface area contributed by atoms with Gasteiger partial charge in [0, 0.05) is 93.1 Å². The van der Waals surface area contributed by atoms with Crippen LogP contribution in [0.5, 0.6) is 34.5 Å². The number of rotatable bonds is 20. The third-order valence-corrected chi connectivity index (χ3v) is 19.8. The fraction of sp³-hybridized carbons (Fsp3) is 0.230. The summed E-state index contributed by atoms with van der Waals surface area (Å²) in [4.78, 5) is 78.0. The first-order chi connectivity index (χ1) is 49.2. The van der Waals surface area contributed by atoms with Crippen LogP contribution in [-0.4, -0.2) is 148 Å². The number of sulfone groups is 2. The molecule has 6 heterocycles. The van der Waals surface area contributed by atoms with Crippen molar-refractivity contribution in [2.24, 2.45) is 17.2 Å². The second kappa shape index (κ2) is 32.4. The molecular weight excluding hydrogens is 1380 g/mol. The zero-order chi connectivity index (χ0) is 73.9. The number of primary amides is 3. The van der Waals surface area contributed by atoms with Gasteiger partial charge >= 0.3 is 0 Å². The fourth-order valence-electron chi connectivity index (χ4n) is 11.9. The van der Waals surface area contributed by atoms with Gasteiger partial charge in [-0.1, -0.05) is 37.4 Å². The van der Waals surface area contributed by atoms with Gasteiger partial charge in [-0.25, -0.2) is 21.2 Å². The maximum absolute atomic E-state index is 13.6. The maximum atomic E-state index is 13.6. The van der Waals surface area contributed by atoms with Gasteiger partial charge in [-0.3, -0.25) is 42.8 Å². The van der Waals surface area contributed by atoms with E-state index in [0.29, 0.717) is 113 Å². The molecule has 3 saturated heterocycles. The fourth-order valence-corrected chi connectivity index (χ4v) is 13.3. The summed E-state index contributed by atoms with van der Waals surface area (Å²) in [5.74, 6) is -0.0482. The Labute approximate surface area is 599 Å². The van der Waals surface area contributed by atoms with Crippen LogP contribution < -0.4 is 31.4 Å². The van der Waals surface area contributed by atoms with E-state index in [4.69, 9.17) is 43.0 Å². The molecule has 0 radical (unpaired) electrons. The number of benzene rings is 6. The van der Waals surface area contributed by atoms with Crippen LogP contribution in [0, 0.1) is 5.82 Å². The largest absolute Gasteiger partial charge is 0.457 e. The van der Waals surface area contributed by atoms with Gasteiger partial charge < -0.3 is 46.1 Å². The Bertz CT molecular complexity index is 4930. The number of carbonyl (C=O) groups is 6. The molecule has 0 spiro atoms. The molecular formula is C74H74ClFN12O13S2. The monoisotopic (exact) mass is 1460 g/mol. The number of amides is 6. The van der Waals surface area contributed by atoms with Gasteiger partial charge in [-0.2, -0.15) is 15.3 Å². The number of nitrogens with two attached hydrogens (primary N) is 3. The Morgan fingerprint density at radius 1 is 0.456 bits per heavy atom. The second-order valence-electron chi connectivity index (χ2n) is 24.5. The highest BCUT2D eigenvalue weighted by Crippen LogP contribution is 2.35. The molecule has 6 aromatic carbocycles. The average Bonchev–Trinajstić information content (AvgIpc) is 1.66. The lowest BCUT2D eigenvalue weighted by atomic mass is 10.1. The summed E-state index contributed by atoms with van der Waals surface area (Å²) >= 11 is 5.70. The molecule has 0 unspecified atom stereocenters. The SMILES string of the molecule is C=CC(=O)N1CCC[C@@H](n2cc(C(N)=O)c(-c3ccc(Oc4ccc(Cl)c(F)c4)cc3)n2)C1.C=CC(=O)N1CCC[C@@H](n2cc(C(N)=O)c(-c3ccc(Oc4ccc(S(C)(=O)=O)cc4)cc3)n2)C1.C=CC(=O)N1CCC[C@@H](n2cc(C(N)=O)c(-c3ccc(Oc4cccc(S(C)(=O)=O)c4)cc3)n2)C1. The molecule has 3 fully saturated rings. The van der Waals surface area contributed by atoms with Gasteiger partial charge in [0.25, 0.3) is 17.7 Å². The molecule has 3 atom stereocenters. The Morgan fingerprint density at radius 3 is 1.08 bits per heavy atom. The number of halogens is 2. The highest BCUT2D eigenvalue weighted by atomic mass is 35.5. The highest BCUT2D eigenvalue weighted by Gasteiger charge is 2.30. The first kappa shape index (κ1) is 74.2. The molecule has 3 aliphatic heterocycles. The minimum absolute atomic E-state index is 0.0159. The number of ether oxygens (including phenoxy) is 3. The van der Waals surface area contributed by atoms with Crippen LogP contribution in [0.4, 0.5) is 4.39 Å². The Morgan fingerprint density at radius 2 is 0.767 bits per heavy atom. The molecule has 29 heteroatoms. The number of hydrogen-bond acceptors (Lipinski definition) is 16. The van der Waals surface area contributed by atoms with Gasteiger partial charge in [-0.05, 0) is 184 Å². The quantitative estimate of drug-likeness (QED) is 0.0597. The summed E-state index contributed by atoms with van der Waals surface area (Å²) in [5.41, 5.74) is 21.1. The molecule has 6 amide bonds. The van der Waals surface area contributed by atoms with Gasteiger partial charge in [0.15, 0.2) is 19.7 Å². The van der Waals surface area contributed by atoms with Crippen molar-refractivity contribution in [2.45, 2.75) is 66.4 Å². The van der Waals surface area contributed by atoms with Crippen LogP contribution in [0.2, 0.25) is 5.02 Å². The van der Waals surface area contributed by atoms with Crippen molar-refractivity contribution in [3.63, 3.8) is 0 Å². The minimum Gasteiger partial charge on any atom is -0.457 e. The van der Waals surface area contributed by atoms with Crippen LogP contribution in [-0.2, 0) is 34.1 Å². The Kier molecular flexibility index (Phi) is 23.4. The molecule has 12 rings (SSSR count). The van der Waals surface area contributed by atoms with Crippen LogP contribution in [0.15, 0.2) is 206 Å². The van der Waals surface area contributed by atoms with E-state index >= 15 is 0 Å². The topological polar surface area (TPSA) is 340 Å². The van der Waals surface area contributed by atoms with E-state index in [0.717, 1.165) is 51.0 Å². The molecule has 0 aliphatic carbocycles. The second-order valence-corrected chi connectivity index (χ2v) is 28.9. The van der Waals surface area contributed by atoms with E-state index in [-0.39, 0.29) is 61.8 Å². The molecule has 25 nitrogen and oxygen atoms in total. The number of carbonyl (C=O) groups excluding carboxylic acids is 6. The van der Waals surface area contributed by atoms with Crippen LogP contribution in [0.25, 0.3) is 33.8 Å². The van der Waals surface area contributed by atoms with Gasteiger partial charge in [0.1, 0.15) is 57.4 Å². The van der Waals surface area contributed by atoms with Gasteiger partial charge in [-0.15, -0.1) is 0 Å². The molecule has 103 heavy (non-hydrogen) atoms. The van der Waals surface area contributed by atoms with Crippen molar-refractivity contribution in [2.75, 3.05) is 51.8 Å². The van der Waals surface area contributed by atoms with Crippen molar-refractivity contribution < 1.29 is 64.2 Å². The predicted molar refractivity (Wildman–Crippen MR) is 384 cm³/mol. The number of hydrogen-bond donors (Lipinski definition) is 3. The molecule has 9 aromatic rings. The number of piperidine rings is 3. The summed E-state index contributed by atoms with van der Waals surface area (Å²) in [6, 6.07) is 37.1. The first-order valence-corrected chi connectivity index (χ1v) is 36.6. The molecule has 3 aromatic heterocycles. The lowest BCUT2D eigenvalue weighted by Crippen LogP contribution is -2.40. The lowest BCUT2D eigenvalue weighted by Gasteiger charge is -2.32. The molecule has 534 valence electrons. The van der Waals surface area contributed by atoms with E-state index in [9.17, 15) is 50.0 Å². The first-order valence-electron chi connectivity index (χ1n) is 32.5. The third kappa shape index (κ3) is 18.5. The van der Waals surface area contributed by atoms with Gasteiger partial charge in [0.05, 0.1) is 49.6 Å². The van der Waals surface area contributed by atoms with Crippen molar-refractivity contribution >= 4 is 66.7 Å². The van der Waals surface area contributed by atoms with Crippen molar-refractivity contribution in [3.8, 4) is 68.3 Å². The number of nitrogens with zero attached hydrogens (tertiary/aromatic N) is 9. The van der Waals surface area contributed by atoms with Crippen molar-refractivity contribution in [3.05, 3.63) is 224 Å². The predicted octanol–water partition coefficient (Wildman–Crippen LogP) is 11.0. The average molecular weight is 1460 g/mol. The lowest BCUT2D eigenvalue weighted by molar-refractivity contribution is -0.128. The minimum atomic E-state index is -3.35. The summed E-state index contributed by atoms with van der Waals surface area (Å²) in [6.07, 6.45) is 16.0. The van der Waals surface area contributed by atoms with Crippen LogP contribution >= 0.6 is 11.6 Å². The maximum Gasteiger partial charge on any atom is 0.252 e. The summed E-state index contributed by atoms with van der Waals surface area (Å²) in [5, 5.41) is 13.9. The normalized spacial score (nSPS) is 16.0. The van der Waals surface area contributed by atoms with E-state index < -0.39 is 43.2 Å². The summed E-state index contributed by atoms with van der Waals surface area (Å²) in [7, 11) is -6.63. The summed E-state index contributed by atoms with van der Waals surface area (Å²) in [6.45, 7) is 14.1. The molecule has 0 bridgehead atoms. The van der Waals surface area contributed by atoms with Crippen molar-refractivity contribution in [1.82, 2.24) is 44.0 Å². The number of likely N-dealkylation sites (tertiary alicyclic amines) is 3. The van der Waals surface area contributed by atoms with E-state index in [1.807, 2.05) is 0 Å². The standard InChI is InChI=1S/2C25H26N4O5S.C24H22ClFN4O3/c1-3-23(30)28-13-5-6-18(15-28)29-16-22(25(26)31)24(27-29)17-9-11-19(12-10-17)34-20-7-4-8-21(14-20)35(2,32)33;1-3-23(30)28-14-4-5-18(15-28)29-16-22(25(26)31)24(27-29)17-6-8-19(9-7-17)34-20-10-12-21(13-11-20)35(2,32)33;1-2-22(31)29-11-3-4-16(13-29)30-14-19(24(27)32)23(28-30)15-5-7-17(8-6-15)33-18-9-10-20(25)21(26)12-18/h3-4,7-12,14,16,18H,1,5-6,13,15H2,2H3,(H2,26,31);3,6-13,16,18H,1,4-5,14-15H2,2H3,(H2,26,31);2,5-10,12,14,16H,1,3-4,11,13H2,(H2,27,32)/t2*18-;16-/m111/s1. The zero-order valence-corrected chi connectivity index (χ0v) is 58.6. The third-order valence-electron chi connectivity index (χ3n) is 17.2. The van der Waals surface area contributed by atoms with Crippen LogP contribution in [0.3, 0.4) is 0 Å². The Hall–Kier alpha value is -11.5. The smallest absolute Gasteiger partial charge is 0.252 e. The molecule has 0 saturated carbocycles. The van der Waals surface area contributed by atoms with E-state index in [1.54, 1.807) is 150 Å². The molecule has 6 N–H and O–H groups in total. The van der Waals surface area contributed by atoms with Crippen LogP contribution in [0.1, 0.15) is 87.7 Å². The summed E-state index contributed by atoms with van der Waals surface area (Å²) < 4.78 is 82.8. The highest BCUT2D eigenvalue weighted by molar-refractivity contribution is 7.91. The van der Waals surface area contributed by atoms with E-state index in [1.165, 1.54) is 54.6 Å². The number of aromatic nitrogens is 6. The zero-order valence-electron chi connectivity index (χ0n) is 56.2. The van der Waals surface area contributed by atoms with Gasteiger partial charge in [0.2, 0.25) is 17.7 Å². The van der Waals surface area contributed by atoms with Crippen molar-refractivity contribution in [1.29, 1.82) is 0 Å².